The van der Waals surface area contributed by atoms with Crippen molar-refractivity contribution < 1.29 is 19.1 Å². The number of ketones is 1. The number of imide groups is 1. The fourth-order valence-electron chi connectivity index (χ4n) is 4.19. The van der Waals surface area contributed by atoms with E-state index in [2.05, 4.69) is 6.92 Å². The zero-order chi connectivity index (χ0) is 19.7. The van der Waals surface area contributed by atoms with E-state index in [4.69, 9.17) is 4.74 Å². The Labute approximate surface area is 164 Å². The third kappa shape index (κ3) is 3.44. The molecule has 2 aromatic rings. The van der Waals surface area contributed by atoms with Gasteiger partial charge in [-0.2, -0.15) is 0 Å². The summed E-state index contributed by atoms with van der Waals surface area (Å²) in [7, 11) is 0. The maximum Gasteiger partial charge on any atom is 0.237 e. The molecule has 2 aromatic carbocycles. The zero-order valence-electron chi connectivity index (χ0n) is 15.8. The predicted octanol–water partition coefficient (Wildman–Crippen LogP) is 3.87. The molecule has 1 saturated heterocycles. The summed E-state index contributed by atoms with van der Waals surface area (Å²) in [5, 5.41) is 0. The molecule has 0 N–H and O–H groups in total. The first-order valence-corrected chi connectivity index (χ1v) is 9.73. The van der Waals surface area contributed by atoms with Gasteiger partial charge in [0.15, 0.2) is 12.4 Å². The molecule has 2 aliphatic rings. The van der Waals surface area contributed by atoms with Crippen LogP contribution in [0.15, 0.2) is 54.6 Å². The Morgan fingerprint density at radius 3 is 2.36 bits per heavy atom. The van der Waals surface area contributed by atoms with Gasteiger partial charge in [-0.3, -0.25) is 19.3 Å². The third-order valence-corrected chi connectivity index (χ3v) is 5.75. The molecule has 1 aliphatic carbocycles. The van der Waals surface area contributed by atoms with Crippen LogP contribution in [0.2, 0.25) is 0 Å². The van der Waals surface area contributed by atoms with E-state index in [0.717, 1.165) is 19.3 Å². The van der Waals surface area contributed by atoms with E-state index < -0.39 is 0 Å². The normalized spacial score (nSPS) is 24.2. The largest absolute Gasteiger partial charge is 0.485 e. The second-order valence-corrected chi connectivity index (χ2v) is 7.71. The molecule has 1 saturated carbocycles. The number of anilines is 1. The van der Waals surface area contributed by atoms with E-state index in [1.165, 1.54) is 4.90 Å². The molecule has 0 bridgehead atoms. The number of rotatable bonds is 5. The molecular weight excluding hydrogens is 354 g/mol. The van der Waals surface area contributed by atoms with E-state index in [1.54, 1.807) is 36.4 Å². The lowest BCUT2D eigenvalue weighted by molar-refractivity contribution is -0.122. The lowest BCUT2D eigenvalue weighted by Crippen LogP contribution is -2.30. The molecule has 2 amide bonds. The van der Waals surface area contributed by atoms with Gasteiger partial charge in [0.2, 0.25) is 11.8 Å². The smallest absolute Gasteiger partial charge is 0.237 e. The minimum Gasteiger partial charge on any atom is -0.485 e. The Bertz CT molecular complexity index is 891. The molecule has 0 radical (unpaired) electrons. The molecular formula is C23H23NO4. The molecule has 0 aromatic heterocycles. The Balaban J connectivity index is 1.43. The Morgan fingerprint density at radius 2 is 1.64 bits per heavy atom. The van der Waals surface area contributed by atoms with Gasteiger partial charge in [-0.05, 0) is 49.4 Å². The van der Waals surface area contributed by atoms with E-state index in [1.807, 2.05) is 18.2 Å². The van der Waals surface area contributed by atoms with Crippen molar-refractivity contribution in [2.24, 2.45) is 17.8 Å². The van der Waals surface area contributed by atoms with E-state index in [9.17, 15) is 14.4 Å². The number of fused-ring (bicyclic) bond motifs is 1. The van der Waals surface area contributed by atoms with Gasteiger partial charge in [0.25, 0.3) is 0 Å². The highest BCUT2D eigenvalue weighted by molar-refractivity contribution is 6.22. The second kappa shape index (κ2) is 7.58. The summed E-state index contributed by atoms with van der Waals surface area (Å²) in [5.74, 6) is 0.366. The number of carbonyl (C=O) groups excluding carboxylic acids is 3. The first-order chi connectivity index (χ1) is 13.5. The number of hydrogen-bond donors (Lipinski definition) is 0. The van der Waals surface area contributed by atoms with Gasteiger partial charge in [-0.15, -0.1) is 0 Å². The summed E-state index contributed by atoms with van der Waals surface area (Å²) in [6.45, 7) is 2.08. The third-order valence-electron chi connectivity index (χ3n) is 5.75. The van der Waals surface area contributed by atoms with Crippen molar-refractivity contribution in [3.05, 3.63) is 60.2 Å². The standard InChI is InChI=1S/C23H23NO4/c1-15-7-12-19-20(13-15)23(27)24(22(19)26)17-8-10-18(11-9-17)28-14-21(25)16-5-3-2-4-6-16/h2-6,8-11,15,19-20H,7,12-14H2,1H3. The minimum atomic E-state index is -0.185. The highest BCUT2D eigenvalue weighted by Gasteiger charge is 2.49. The molecule has 1 heterocycles. The van der Waals surface area contributed by atoms with Crippen LogP contribution in [0.5, 0.6) is 5.75 Å². The highest BCUT2D eigenvalue weighted by atomic mass is 16.5. The number of hydrogen-bond acceptors (Lipinski definition) is 4. The van der Waals surface area contributed by atoms with Gasteiger partial charge in [0.05, 0.1) is 17.5 Å². The van der Waals surface area contributed by atoms with Crippen molar-refractivity contribution in [3.63, 3.8) is 0 Å². The van der Waals surface area contributed by atoms with Crippen LogP contribution in [0, 0.1) is 17.8 Å². The van der Waals surface area contributed by atoms with Gasteiger partial charge in [0, 0.05) is 5.56 Å². The van der Waals surface area contributed by atoms with Crippen LogP contribution in [0.3, 0.4) is 0 Å². The van der Waals surface area contributed by atoms with Crippen molar-refractivity contribution in [3.8, 4) is 5.75 Å². The number of amides is 2. The summed E-state index contributed by atoms with van der Waals surface area (Å²) >= 11 is 0. The summed E-state index contributed by atoms with van der Waals surface area (Å²) < 4.78 is 5.56. The highest BCUT2D eigenvalue weighted by Crippen LogP contribution is 2.42. The first kappa shape index (κ1) is 18.4. The molecule has 144 valence electrons. The maximum atomic E-state index is 12.8. The molecule has 5 nitrogen and oxygen atoms in total. The molecule has 4 rings (SSSR count). The summed E-state index contributed by atoms with van der Waals surface area (Å²) in [6.07, 6.45) is 2.57. The molecule has 1 aliphatic heterocycles. The molecule has 2 fully saturated rings. The summed E-state index contributed by atoms with van der Waals surface area (Å²) in [5.41, 5.74) is 1.17. The fraction of sp³-hybridized carbons (Fsp3) is 0.348. The molecule has 28 heavy (non-hydrogen) atoms. The van der Waals surface area contributed by atoms with Crippen LogP contribution in [0.25, 0.3) is 0 Å². The number of Topliss-reactive ketones (excluding diaryl/α,β-unsaturated/α-hetero) is 1. The number of nitrogens with zero attached hydrogens (tertiary/aromatic N) is 1. The average Bonchev–Trinajstić information content (AvgIpc) is 2.97. The molecule has 5 heteroatoms. The van der Waals surface area contributed by atoms with Crippen LogP contribution < -0.4 is 9.64 Å². The molecule has 3 atom stereocenters. The van der Waals surface area contributed by atoms with Gasteiger partial charge in [0.1, 0.15) is 5.75 Å². The Kier molecular flexibility index (Phi) is 4.99. The van der Waals surface area contributed by atoms with Crippen LogP contribution in [0.4, 0.5) is 5.69 Å². The Hall–Kier alpha value is -2.95. The number of carbonyl (C=O) groups is 3. The second-order valence-electron chi connectivity index (χ2n) is 7.71. The van der Waals surface area contributed by atoms with Gasteiger partial charge >= 0.3 is 0 Å². The van der Waals surface area contributed by atoms with E-state index in [0.29, 0.717) is 22.9 Å². The fourth-order valence-corrected chi connectivity index (χ4v) is 4.19. The number of benzene rings is 2. The van der Waals surface area contributed by atoms with Crippen molar-refractivity contribution in [1.82, 2.24) is 0 Å². The quantitative estimate of drug-likeness (QED) is 0.586. The monoisotopic (exact) mass is 377 g/mol. The van der Waals surface area contributed by atoms with Gasteiger partial charge in [-0.25, -0.2) is 0 Å². The lowest BCUT2D eigenvalue weighted by atomic mass is 9.76. The van der Waals surface area contributed by atoms with Crippen molar-refractivity contribution in [1.29, 1.82) is 0 Å². The van der Waals surface area contributed by atoms with Gasteiger partial charge < -0.3 is 4.74 Å². The SMILES string of the molecule is CC1CCC2C(=O)N(c3ccc(OCC(=O)c4ccccc4)cc3)C(=O)C2C1. The van der Waals surface area contributed by atoms with Crippen LogP contribution in [-0.2, 0) is 9.59 Å². The zero-order valence-corrected chi connectivity index (χ0v) is 15.8. The minimum absolute atomic E-state index is 0.0625. The van der Waals surface area contributed by atoms with Crippen molar-refractivity contribution in [2.75, 3.05) is 11.5 Å². The number of ether oxygens (including phenoxy) is 1. The molecule has 0 spiro atoms. The van der Waals surface area contributed by atoms with E-state index in [-0.39, 0.29) is 36.0 Å². The Morgan fingerprint density at radius 1 is 0.964 bits per heavy atom. The van der Waals surface area contributed by atoms with Crippen LogP contribution >= 0.6 is 0 Å². The van der Waals surface area contributed by atoms with Gasteiger partial charge in [-0.1, -0.05) is 37.3 Å². The summed E-state index contributed by atoms with van der Waals surface area (Å²) in [6, 6.07) is 15.8. The lowest BCUT2D eigenvalue weighted by Gasteiger charge is -2.25. The topological polar surface area (TPSA) is 63.7 Å². The molecule has 3 unspecified atom stereocenters. The first-order valence-electron chi connectivity index (χ1n) is 9.73. The van der Waals surface area contributed by atoms with Crippen molar-refractivity contribution >= 4 is 23.3 Å². The van der Waals surface area contributed by atoms with Crippen LogP contribution in [-0.4, -0.2) is 24.2 Å². The van der Waals surface area contributed by atoms with Crippen molar-refractivity contribution in [2.45, 2.75) is 26.2 Å². The summed E-state index contributed by atoms with van der Waals surface area (Å²) in [4.78, 5) is 39.0. The van der Waals surface area contributed by atoms with E-state index >= 15 is 0 Å². The average molecular weight is 377 g/mol. The predicted molar refractivity (Wildman–Crippen MR) is 105 cm³/mol. The maximum absolute atomic E-state index is 12.8. The van der Waals surface area contributed by atoms with Crippen LogP contribution in [0.1, 0.15) is 36.5 Å².